The lowest BCUT2D eigenvalue weighted by atomic mass is 10.1. The van der Waals surface area contributed by atoms with Crippen molar-refractivity contribution in [1.82, 2.24) is 0 Å². The number of ether oxygens (including phenoxy) is 1. The topological polar surface area (TPSA) is 63.2 Å². The van der Waals surface area contributed by atoms with Crippen molar-refractivity contribution in [2.75, 3.05) is 6.61 Å². The molecule has 0 fully saturated rings. The minimum atomic E-state index is -0.353. The minimum Gasteiger partial charge on any atom is -0.462 e. The molecule has 1 heterocycles. The van der Waals surface area contributed by atoms with Crippen molar-refractivity contribution in [3.63, 3.8) is 0 Å². The third kappa shape index (κ3) is 4.46. The Kier molecular flexibility index (Phi) is 5.75. The Hall–Kier alpha value is -3.29. The predicted octanol–water partition coefficient (Wildman–Crippen LogP) is 5.84. The first-order valence-electron chi connectivity index (χ1n) is 8.36. The number of esters is 1. The molecule has 3 aromatic rings. The van der Waals surface area contributed by atoms with E-state index in [2.05, 4.69) is 6.07 Å². The Morgan fingerprint density at radius 2 is 1.74 bits per heavy atom. The third-order valence-corrected chi connectivity index (χ3v) is 4.12. The molecule has 0 saturated heterocycles. The van der Waals surface area contributed by atoms with E-state index in [1.165, 1.54) is 0 Å². The van der Waals surface area contributed by atoms with Crippen molar-refractivity contribution < 1.29 is 13.9 Å². The molecule has 0 atom stereocenters. The Labute approximate surface area is 162 Å². The quantitative estimate of drug-likeness (QED) is 0.414. The van der Waals surface area contributed by atoms with E-state index in [0.717, 1.165) is 11.1 Å². The SMILES string of the molecule is CCOC(=O)c1ccc(-c2ccc(/C=C(/C#N)c3ccc(Cl)cc3)o2)cc1. The molecule has 0 aliphatic heterocycles. The van der Waals surface area contributed by atoms with Crippen LogP contribution in [-0.2, 0) is 4.74 Å². The fraction of sp³-hybridized carbons (Fsp3) is 0.0909. The summed E-state index contributed by atoms with van der Waals surface area (Å²) in [6.45, 7) is 2.10. The zero-order chi connectivity index (χ0) is 19.2. The number of carbonyl (C=O) groups excluding carboxylic acids is 1. The molecule has 0 saturated carbocycles. The summed E-state index contributed by atoms with van der Waals surface area (Å²) in [5.74, 6) is 0.852. The Balaban J connectivity index is 1.82. The lowest BCUT2D eigenvalue weighted by Gasteiger charge is -2.02. The van der Waals surface area contributed by atoms with Gasteiger partial charge >= 0.3 is 5.97 Å². The monoisotopic (exact) mass is 377 g/mol. The number of halogens is 1. The van der Waals surface area contributed by atoms with Crippen molar-refractivity contribution in [2.24, 2.45) is 0 Å². The van der Waals surface area contributed by atoms with Crippen molar-refractivity contribution in [2.45, 2.75) is 6.92 Å². The van der Waals surface area contributed by atoms with Gasteiger partial charge in [0, 0.05) is 10.6 Å². The van der Waals surface area contributed by atoms with Crippen LogP contribution in [0.2, 0.25) is 5.02 Å². The van der Waals surface area contributed by atoms with Crippen molar-refractivity contribution in [3.8, 4) is 17.4 Å². The lowest BCUT2D eigenvalue weighted by molar-refractivity contribution is 0.0526. The summed E-state index contributed by atoms with van der Waals surface area (Å²) >= 11 is 5.89. The number of nitriles is 1. The molecule has 0 unspecified atom stereocenters. The van der Waals surface area contributed by atoms with Crippen LogP contribution in [0.25, 0.3) is 23.0 Å². The van der Waals surface area contributed by atoms with Crippen molar-refractivity contribution in [3.05, 3.63) is 82.6 Å². The normalized spacial score (nSPS) is 11.1. The molecule has 0 N–H and O–H groups in total. The van der Waals surface area contributed by atoms with Gasteiger partial charge in [-0.2, -0.15) is 5.26 Å². The second kappa shape index (κ2) is 8.39. The molecule has 0 amide bonds. The molecule has 0 bridgehead atoms. The van der Waals surface area contributed by atoms with E-state index < -0.39 is 0 Å². The van der Waals surface area contributed by atoms with Crippen LogP contribution < -0.4 is 0 Å². The Morgan fingerprint density at radius 3 is 2.37 bits per heavy atom. The van der Waals surface area contributed by atoms with E-state index in [9.17, 15) is 10.1 Å². The predicted molar refractivity (Wildman–Crippen MR) is 105 cm³/mol. The van der Waals surface area contributed by atoms with Gasteiger partial charge in [-0.05, 0) is 55.0 Å². The first kappa shape index (κ1) is 18.5. The zero-order valence-electron chi connectivity index (χ0n) is 14.6. The molecule has 4 nitrogen and oxygen atoms in total. The van der Waals surface area contributed by atoms with Crippen LogP contribution in [0.15, 0.2) is 65.1 Å². The molecule has 3 rings (SSSR count). The number of furan rings is 1. The highest BCUT2D eigenvalue weighted by Crippen LogP contribution is 2.26. The molecule has 27 heavy (non-hydrogen) atoms. The molecule has 5 heteroatoms. The molecule has 0 aliphatic rings. The number of hydrogen-bond acceptors (Lipinski definition) is 4. The maximum absolute atomic E-state index is 11.7. The number of carbonyl (C=O) groups is 1. The van der Waals surface area contributed by atoms with E-state index >= 15 is 0 Å². The summed E-state index contributed by atoms with van der Waals surface area (Å²) in [5, 5.41) is 10.0. The van der Waals surface area contributed by atoms with E-state index in [0.29, 0.717) is 34.3 Å². The summed E-state index contributed by atoms with van der Waals surface area (Å²) in [5.41, 5.74) is 2.55. The molecule has 1 aromatic heterocycles. The number of benzene rings is 2. The molecular weight excluding hydrogens is 362 g/mol. The van der Waals surface area contributed by atoms with Gasteiger partial charge in [0.1, 0.15) is 11.5 Å². The fourth-order valence-electron chi connectivity index (χ4n) is 2.52. The van der Waals surface area contributed by atoms with Crippen molar-refractivity contribution >= 4 is 29.2 Å². The number of nitrogens with zero attached hydrogens (tertiary/aromatic N) is 1. The summed E-state index contributed by atoms with van der Waals surface area (Å²) < 4.78 is 10.8. The van der Waals surface area contributed by atoms with Gasteiger partial charge in [0.2, 0.25) is 0 Å². The number of rotatable bonds is 5. The second-order valence-electron chi connectivity index (χ2n) is 5.68. The summed E-state index contributed by atoms with van der Waals surface area (Å²) in [6, 6.07) is 19.8. The molecule has 0 aliphatic carbocycles. The maximum Gasteiger partial charge on any atom is 0.338 e. The summed E-state index contributed by atoms with van der Waals surface area (Å²) in [6.07, 6.45) is 1.68. The highest BCUT2D eigenvalue weighted by atomic mass is 35.5. The van der Waals surface area contributed by atoms with Crippen LogP contribution >= 0.6 is 11.6 Å². The van der Waals surface area contributed by atoms with Gasteiger partial charge in [0.25, 0.3) is 0 Å². The van der Waals surface area contributed by atoms with E-state index in [1.54, 1.807) is 67.6 Å². The van der Waals surface area contributed by atoms with Crippen LogP contribution in [0.4, 0.5) is 0 Å². The van der Waals surface area contributed by atoms with Gasteiger partial charge in [-0.1, -0.05) is 35.9 Å². The number of hydrogen-bond donors (Lipinski definition) is 0. The Morgan fingerprint density at radius 1 is 1.07 bits per heavy atom. The van der Waals surface area contributed by atoms with Gasteiger partial charge in [-0.3, -0.25) is 0 Å². The van der Waals surface area contributed by atoms with E-state index in [1.807, 2.05) is 6.07 Å². The molecule has 0 radical (unpaired) electrons. The van der Waals surface area contributed by atoms with Crippen LogP contribution in [0.3, 0.4) is 0 Å². The molecule has 0 spiro atoms. The molecule has 2 aromatic carbocycles. The van der Waals surface area contributed by atoms with E-state index in [-0.39, 0.29) is 5.97 Å². The first-order chi connectivity index (χ1) is 13.1. The molecule has 134 valence electrons. The average molecular weight is 378 g/mol. The minimum absolute atomic E-state index is 0.337. The van der Waals surface area contributed by atoms with Gasteiger partial charge in [-0.15, -0.1) is 0 Å². The van der Waals surface area contributed by atoms with Crippen molar-refractivity contribution in [1.29, 1.82) is 5.26 Å². The van der Waals surface area contributed by atoms with Gasteiger partial charge in [0.05, 0.1) is 23.8 Å². The maximum atomic E-state index is 11.7. The fourth-order valence-corrected chi connectivity index (χ4v) is 2.65. The zero-order valence-corrected chi connectivity index (χ0v) is 15.4. The first-order valence-corrected chi connectivity index (χ1v) is 8.73. The standard InChI is InChI=1S/C22H16ClNO3/c1-2-26-22(25)17-5-3-16(4-6-17)21-12-11-20(27-21)13-18(14-24)15-7-9-19(23)10-8-15/h3-13H,2H2,1H3/b18-13-. The van der Waals surface area contributed by atoms with Gasteiger partial charge in [-0.25, -0.2) is 4.79 Å². The summed E-state index contributed by atoms with van der Waals surface area (Å²) in [4.78, 5) is 11.7. The van der Waals surface area contributed by atoms with Gasteiger partial charge in [0.15, 0.2) is 0 Å². The summed E-state index contributed by atoms with van der Waals surface area (Å²) in [7, 11) is 0. The van der Waals surface area contributed by atoms with Gasteiger partial charge < -0.3 is 9.15 Å². The highest BCUT2D eigenvalue weighted by molar-refractivity contribution is 6.30. The van der Waals surface area contributed by atoms with Crippen LogP contribution in [-0.4, -0.2) is 12.6 Å². The highest BCUT2D eigenvalue weighted by Gasteiger charge is 2.09. The second-order valence-corrected chi connectivity index (χ2v) is 6.11. The van der Waals surface area contributed by atoms with Crippen LogP contribution in [0.1, 0.15) is 28.6 Å². The average Bonchev–Trinajstić information content (AvgIpc) is 3.16. The lowest BCUT2D eigenvalue weighted by Crippen LogP contribution is -2.03. The smallest absolute Gasteiger partial charge is 0.338 e. The molecular formula is C22H16ClNO3. The Bertz CT molecular complexity index is 1010. The number of allylic oxidation sites excluding steroid dienone is 1. The van der Waals surface area contributed by atoms with Crippen LogP contribution in [0.5, 0.6) is 0 Å². The largest absolute Gasteiger partial charge is 0.462 e. The van der Waals surface area contributed by atoms with E-state index in [4.69, 9.17) is 20.8 Å². The third-order valence-electron chi connectivity index (χ3n) is 3.87. The van der Waals surface area contributed by atoms with Crippen LogP contribution in [0, 0.1) is 11.3 Å².